The van der Waals surface area contributed by atoms with Gasteiger partial charge in [0.25, 0.3) is 0 Å². The average molecular weight is 201 g/mol. The Kier molecular flexibility index (Phi) is 3.58. The van der Waals surface area contributed by atoms with Crippen LogP contribution in [0.5, 0.6) is 5.75 Å². The van der Waals surface area contributed by atoms with Crippen LogP contribution >= 0.6 is 11.6 Å². The molecular formula is C10H13ClO2. The maximum Gasteiger partial charge on any atom is 0.137 e. The summed E-state index contributed by atoms with van der Waals surface area (Å²) in [6.07, 6.45) is -0.492. The quantitative estimate of drug-likeness (QED) is 0.813. The van der Waals surface area contributed by atoms with Crippen LogP contribution in [0.3, 0.4) is 0 Å². The van der Waals surface area contributed by atoms with Gasteiger partial charge in [-0.1, -0.05) is 17.7 Å². The second-order valence-electron chi connectivity index (χ2n) is 2.80. The first kappa shape index (κ1) is 10.4. The first-order valence-corrected chi connectivity index (χ1v) is 4.63. The van der Waals surface area contributed by atoms with Gasteiger partial charge in [0.2, 0.25) is 0 Å². The van der Waals surface area contributed by atoms with Crippen LogP contribution in [0.15, 0.2) is 18.2 Å². The Morgan fingerprint density at radius 2 is 2.23 bits per heavy atom. The fourth-order valence-electron chi connectivity index (χ4n) is 1.05. The number of benzene rings is 1. The third-order valence-electron chi connectivity index (χ3n) is 1.74. The van der Waals surface area contributed by atoms with E-state index in [1.165, 1.54) is 0 Å². The molecule has 1 aromatic rings. The molecule has 13 heavy (non-hydrogen) atoms. The van der Waals surface area contributed by atoms with E-state index in [0.717, 1.165) is 5.56 Å². The van der Waals surface area contributed by atoms with Crippen LogP contribution < -0.4 is 4.74 Å². The fraction of sp³-hybridized carbons (Fsp3) is 0.400. The molecule has 0 unspecified atom stereocenters. The van der Waals surface area contributed by atoms with E-state index in [4.69, 9.17) is 16.3 Å². The number of ether oxygens (including phenoxy) is 1. The van der Waals surface area contributed by atoms with Crippen molar-refractivity contribution in [1.29, 1.82) is 0 Å². The Morgan fingerprint density at radius 3 is 2.69 bits per heavy atom. The minimum atomic E-state index is -0.492. The van der Waals surface area contributed by atoms with Gasteiger partial charge in [0.05, 0.1) is 17.7 Å². The number of rotatable bonds is 3. The first-order valence-electron chi connectivity index (χ1n) is 4.25. The summed E-state index contributed by atoms with van der Waals surface area (Å²) in [4.78, 5) is 0. The topological polar surface area (TPSA) is 29.5 Å². The van der Waals surface area contributed by atoms with E-state index in [0.29, 0.717) is 17.4 Å². The molecule has 0 heterocycles. The molecule has 0 aromatic heterocycles. The van der Waals surface area contributed by atoms with Gasteiger partial charge in [0, 0.05) is 0 Å². The highest BCUT2D eigenvalue weighted by Gasteiger charge is 2.05. The zero-order valence-corrected chi connectivity index (χ0v) is 8.51. The zero-order valence-electron chi connectivity index (χ0n) is 7.75. The van der Waals surface area contributed by atoms with Crippen molar-refractivity contribution in [3.8, 4) is 5.75 Å². The van der Waals surface area contributed by atoms with Crippen molar-refractivity contribution >= 4 is 11.6 Å². The van der Waals surface area contributed by atoms with Crippen LogP contribution in [0.4, 0.5) is 0 Å². The summed E-state index contributed by atoms with van der Waals surface area (Å²) >= 11 is 5.92. The molecule has 0 radical (unpaired) electrons. The van der Waals surface area contributed by atoms with Gasteiger partial charge in [-0.25, -0.2) is 0 Å². The van der Waals surface area contributed by atoms with Crippen molar-refractivity contribution in [2.75, 3.05) is 6.61 Å². The summed E-state index contributed by atoms with van der Waals surface area (Å²) in [5.41, 5.74) is 0.799. The Morgan fingerprint density at radius 1 is 1.54 bits per heavy atom. The van der Waals surface area contributed by atoms with Crippen molar-refractivity contribution in [3.63, 3.8) is 0 Å². The lowest BCUT2D eigenvalue weighted by atomic mass is 10.1. The summed E-state index contributed by atoms with van der Waals surface area (Å²) in [7, 11) is 0. The molecule has 0 amide bonds. The van der Waals surface area contributed by atoms with E-state index in [1.54, 1.807) is 19.1 Å². The summed E-state index contributed by atoms with van der Waals surface area (Å²) < 4.78 is 5.26. The van der Waals surface area contributed by atoms with E-state index in [1.807, 2.05) is 13.0 Å². The van der Waals surface area contributed by atoms with Gasteiger partial charge in [-0.2, -0.15) is 0 Å². The lowest BCUT2D eigenvalue weighted by molar-refractivity contribution is 0.199. The van der Waals surface area contributed by atoms with Gasteiger partial charge >= 0.3 is 0 Å². The van der Waals surface area contributed by atoms with Gasteiger partial charge in [0.15, 0.2) is 0 Å². The van der Waals surface area contributed by atoms with Gasteiger partial charge in [-0.3, -0.25) is 0 Å². The molecule has 0 aliphatic heterocycles. The van der Waals surface area contributed by atoms with Crippen molar-refractivity contribution in [2.24, 2.45) is 0 Å². The normalized spacial score (nSPS) is 12.6. The molecule has 2 nitrogen and oxygen atoms in total. The summed E-state index contributed by atoms with van der Waals surface area (Å²) in [6, 6.07) is 5.30. The highest BCUT2D eigenvalue weighted by molar-refractivity contribution is 6.32. The van der Waals surface area contributed by atoms with E-state index in [2.05, 4.69) is 0 Å². The van der Waals surface area contributed by atoms with Crippen LogP contribution in [0, 0.1) is 0 Å². The van der Waals surface area contributed by atoms with Crippen LogP contribution in [0.2, 0.25) is 5.02 Å². The molecule has 0 aliphatic rings. The minimum Gasteiger partial charge on any atom is -0.492 e. The molecule has 0 saturated heterocycles. The molecule has 72 valence electrons. The number of halogens is 1. The van der Waals surface area contributed by atoms with Gasteiger partial charge in [-0.15, -0.1) is 0 Å². The number of aliphatic hydroxyl groups is 1. The fourth-order valence-corrected chi connectivity index (χ4v) is 1.29. The summed E-state index contributed by atoms with van der Waals surface area (Å²) in [6.45, 7) is 4.19. The second kappa shape index (κ2) is 4.49. The molecule has 3 heteroatoms. The highest BCUT2D eigenvalue weighted by Crippen LogP contribution is 2.27. The molecule has 0 bridgehead atoms. The minimum absolute atomic E-state index is 0.492. The maximum absolute atomic E-state index is 9.27. The molecule has 0 fully saturated rings. The third-order valence-corrected chi connectivity index (χ3v) is 2.03. The third kappa shape index (κ3) is 2.61. The maximum atomic E-state index is 9.27. The monoisotopic (exact) mass is 200 g/mol. The Hall–Kier alpha value is -0.730. The zero-order chi connectivity index (χ0) is 9.84. The molecule has 1 aromatic carbocycles. The largest absolute Gasteiger partial charge is 0.492 e. The molecule has 1 atom stereocenters. The SMILES string of the molecule is CCOc1ccc([C@H](C)O)cc1Cl. The van der Waals surface area contributed by atoms with Crippen molar-refractivity contribution in [2.45, 2.75) is 20.0 Å². The Labute approximate surface area is 83.1 Å². The summed E-state index contributed by atoms with van der Waals surface area (Å²) in [5.74, 6) is 0.661. The second-order valence-corrected chi connectivity index (χ2v) is 3.21. The van der Waals surface area contributed by atoms with Gasteiger partial charge < -0.3 is 9.84 Å². The summed E-state index contributed by atoms with van der Waals surface area (Å²) in [5, 5.41) is 9.81. The van der Waals surface area contributed by atoms with Crippen LogP contribution in [-0.2, 0) is 0 Å². The number of hydrogen-bond donors (Lipinski definition) is 1. The molecule has 1 N–H and O–H groups in total. The van der Waals surface area contributed by atoms with Crippen molar-refractivity contribution < 1.29 is 9.84 Å². The van der Waals surface area contributed by atoms with Crippen LogP contribution in [-0.4, -0.2) is 11.7 Å². The Balaban J connectivity index is 2.92. The molecule has 1 rings (SSSR count). The highest BCUT2D eigenvalue weighted by atomic mass is 35.5. The molecule has 0 aliphatic carbocycles. The van der Waals surface area contributed by atoms with E-state index >= 15 is 0 Å². The first-order chi connectivity index (χ1) is 6.15. The van der Waals surface area contributed by atoms with E-state index < -0.39 is 6.10 Å². The molecule has 0 saturated carbocycles. The van der Waals surface area contributed by atoms with Crippen LogP contribution in [0.1, 0.15) is 25.5 Å². The van der Waals surface area contributed by atoms with E-state index in [9.17, 15) is 5.11 Å². The van der Waals surface area contributed by atoms with Gasteiger partial charge in [-0.05, 0) is 31.5 Å². The van der Waals surface area contributed by atoms with Crippen LogP contribution in [0.25, 0.3) is 0 Å². The number of aliphatic hydroxyl groups excluding tert-OH is 1. The molecule has 0 spiro atoms. The average Bonchev–Trinajstić information content (AvgIpc) is 2.08. The Bertz CT molecular complexity index is 284. The van der Waals surface area contributed by atoms with Gasteiger partial charge in [0.1, 0.15) is 5.75 Å². The standard InChI is InChI=1S/C10H13ClO2/c1-3-13-10-5-4-8(7(2)12)6-9(10)11/h4-7,12H,3H2,1-2H3/t7-/m0/s1. The predicted molar refractivity (Wildman–Crippen MR) is 53.3 cm³/mol. The smallest absolute Gasteiger partial charge is 0.137 e. The number of hydrogen-bond acceptors (Lipinski definition) is 2. The van der Waals surface area contributed by atoms with Crippen molar-refractivity contribution in [3.05, 3.63) is 28.8 Å². The van der Waals surface area contributed by atoms with E-state index in [-0.39, 0.29) is 0 Å². The molecular weight excluding hydrogens is 188 g/mol. The predicted octanol–water partition coefficient (Wildman–Crippen LogP) is 2.79. The lowest BCUT2D eigenvalue weighted by Crippen LogP contribution is -1.95. The lowest BCUT2D eigenvalue weighted by Gasteiger charge is -2.09. The van der Waals surface area contributed by atoms with Crippen molar-refractivity contribution in [1.82, 2.24) is 0 Å².